The fourth-order valence-electron chi connectivity index (χ4n) is 2.52. The number of hydrogen-bond acceptors (Lipinski definition) is 4. The zero-order chi connectivity index (χ0) is 15.4. The predicted octanol–water partition coefficient (Wildman–Crippen LogP) is -0.0307. The van der Waals surface area contributed by atoms with Gasteiger partial charge in [-0.15, -0.1) is 0 Å². The second kappa shape index (κ2) is 6.69. The third-order valence-electron chi connectivity index (χ3n) is 3.74. The van der Waals surface area contributed by atoms with Gasteiger partial charge in [0.05, 0.1) is 0 Å². The first-order chi connectivity index (χ1) is 9.99. The van der Waals surface area contributed by atoms with Crippen LogP contribution in [-0.2, 0) is 14.4 Å². The van der Waals surface area contributed by atoms with E-state index in [2.05, 4.69) is 10.5 Å². The Kier molecular flexibility index (Phi) is 4.93. The minimum atomic E-state index is -0.156. The van der Waals surface area contributed by atoms with Crippen LogP contribution >= 0.6 is 0 Å². The molecule has 0 aliphatic carbocycles. The lowest BCUT2D eigenvalue weighted by Crippen LogP contribution is -2.43. The molecule has 1 fully saturated rings. The summed E-state index contributed by atoms with van der Waals surface area (Å²) in [6.45, 7) is 6.15. The molecule has 0 bridgehead atoms. The van der Waals surface area contributed by atoms with Gasteiger partial charge in [0, 0.05) is 44.9 Å². The van der Waals surface area contributed by atoms with Crippen LogP contribution in [0.25, 0.3) is 0 Å². The van der Waals surface area contributed by atoms with Gasteiger partial charge in [-0.05, 0) is 6.42 Å². The summed E-state index contributed by atoms with van der Waals surface area (Å²) in [6.07, 6.45) is 1.45. The highest BCUT2D eigenvalue weighted by Crippen LogP contribution is 2.10. The number of carbonyl (C=O) groups is 3. The summed E-state index contributed by atoms with van der Waals surface area (Å²) in [7, 11) is 0. The molecule has 2 heterocycles. The van der Waals surface area contributed by atoms with E-state index in [0.29, 0.717) is 44.7 Å². The predicted molar refractivity (Wildman–Crippen MR) is 77.4 cm³/mol. The number of nitrogens with one attached hydrogen (secondary N) is 1. The lowest BCUT2D eigenvalue weighted by molar-refractivity contribution is -0.134. The smallest absolute Gasteiger partial charge is 0.270 e. The Labute approximate surface area is 124 Å². The molecule has 116 valence electrons. The van der Waals surface area contributed by atoms with Gasteiger partial charge >= 0.3 is 0 Å². The lowest BCUT2D eigenvalue weighted by atomic mass is 10.1. The van der Waals surface area contributed by atoms with Crippen LogP contribution in [0.4, 0.5) is 0 Å². The summed E-state index contributed by atoms with van der Waals surface area (Å²) in [5.74, 6) is -0.179. The van der Waals surface area contributed by atoms with Crippen LogP contribution in [0.1, 0.15) is 33.1 Å². The number of amides is 3. The first-order valence-electron chi connectivity index (χ1n) is 7.42. The Morgan fingerprint density at radius 2 is 1.76 bits per heavy atom. The van der Waals surface area contributed by atoms with Gasteiger partial charge in [0.2, 0.25) is 11.8 Å². The van der Waals surface area contributed by atoms with Gasteiger partial charge < -0.3 is 9.80 Å². The van der Waals surface area contributed by atoms with Crippen molar-refractivity contribution in [3.63, 3.8) is 0 Å². The summed E-state index contributed by atoms with van der Waals surface area (Å²) >= 11 is 0. The maximum absolute atomic E-state index is 12.4. The molecule has 0 spiro atoms. The number of nitrogens with zero attached hydrogens (tertiary/aromatic N) is 3. The molecule has 0 aromatic heterocycles. The third kappa shape index (κ3) is 3.80. The Hall–Kier alpha value is -1.92. The Balaban J connectivity index is 1.95. The first kappa shape index (κ1) is 15.5. The minimum absolute atomic E-state index is 0.0230. The van der Waals surface area contributed by atoms with Crippen LogP contribution < -0.4 is 5.43 Å². The van der Waals surface area contributed by atoms with Crippen molar-refractivity contribution in [1.82, 2.24) is 15.2 Å². The highest BCUT2D eigenvalue weighted by atomic mass is 16.2. The van der Waals surface area contributed by atoms with E-state index in [4.69, 9.17) is 0 Å². The van der Waals surface area contributed by atoms with E-state index in [9.17, 15) is 14.4 Å². The second-order valence-electron chi connectivity index (χ2n) is 5.72. The van der Waals surface area contributed by atoms with Crippen LogP contribution in [0, 0.1) is 5.92 Å². The van der Waals surface area contributed by atoms with Gasteiger partial charge in [-0.3, -0.25) is 14.4 Å². The van der Waals surface area contributed by atoms with Crippen molar-refractivity contribution >= 4 is 23.4 Å². The van der Waals surface area contributed by atoms with E-state index in [0.717, 1.165) is 6.42 Å². The van der Waals surface area contributed by atoms with Crippen LogP contribution in [0.5, 0.6) is 0 Å². The molecule has 2 aliphatic rings. The molecule has 0 aromatic rings. The molecule has 3 amide bonds. The zero-order valence-corrected chi connectivity index (χ0v) is 12.6. The Morgan fingerprint density at radius 3 is 2.38 bits per heavy atom. The summed E-state index contributed by atoms with van der Waals surface area (Å²) in [5.41, 5.74) is 2.75. The number of hydrazone groups is 1. The number of carbonyl (C=O) groups excluding carboxylic acids is 3. The van der Waals surface area contributed by atoms with Crippen LogP contribution in [-0.4, -0.2) is 59.4 Å². The van der Waals surface area contributed by atoms with Crippen LogP contribution in [0.2, 0.25) is 0 Å². The zero-order valence-electron chi connectivity index (χ0n) is 12.6. The minimum Gasteiger partial charge on any atom is -0.341 e. The monoisotopic (exact) mass is 294 g/mol. The van der Waals surface area contributed by atoms with Gasteiger partial charge in [-0.1, -0.05) is 13.8 Å². The second-order valence-corrected chi connectivity index (χ2v) is 5.72. The van der Waals surface area contributed by atoms with Gasteiger partial charge in [-0.2, -0.15) is 5.10 Å². The number of hydrogen-bond donors (Lipinski definition) is 1. The molecule has 0 aromatic carbocycles. The maximum atomic E-state index is 12.4. The summed E-state index contributed by atoms with van der Waals surface area (Å²) in [4.78, 5) is 39.0. The summed E-state index contributed by atoms with van der Waals surface area (Å²) in [5, 5.41) is 3.84. The van der Waals surface area contributed by atoms with Crippen molar-refractivity contribution in [2.45, 2.75) is 33.1 Å². The van der Waals surface area contributed by atoms with E-state index in [1.165, 1.54) is 0 Å². The van der Waals surface area contributed by atoms with Gasteiger partial charge in [0.1, 0.15) is 5.71 Å². The maximum Gasteiger partial charge on any atom is 0.270 e. The van der Waals surface area contributed by atoms with E-state index < -0.39 is 0 Å². The molecule has 0 saturated carbocycles. The van der Waals surface area contributed by atoms with Crippen molar-refractivity contribution in [2.75, 3.05) is 26.2 Å². The van der Waals surface area contributed by atoms with Gasteiger partial charge in [-0.25, -0.2) is 5.43 Å². The molecular weight excluding hydrogens is 272 g/mol. The van der Waals surface area contributed by atoms with E-state index >= 15 is 0 Å². The molecule has 2 aliphatic heterocycles. The standard InChI is InChI=1S/C14H22N4O3/c1-10(2)13(20)17-6-3-7-18(9-8-17)14(21)11-4-5-12(19)16-15-11/h10H,3-9H2,1-2H3,(H,16,19). The quantitative estimate of drug-likeness (QED) is 0.776. The Morgan fingerprint density at radius 1 is 1.10 bits per heavy atom. The van der Waals surface area contributed by atoms with Crippen molar-refractivity contribution in [1.29, 1.82) is 0 Å². The highest BCUT2D eigenvalue weighted by Gasteiger charge is 2.27. The number of rotatable bonds is 2. The molecule has 2 rings (SSSR count). The summed E-state index contributed by atoms with van der Waals surface area (Å²) in [6, 6.07) is 0. The molecule has 0 atom stereocenters. The first-order valence-corrected chi connectivity index (χ1v) is 7.42. The SMILES string of the molecule is CC(C)C(=O)N1CCCN(C(=O)C2=NNC(=O)CC2)CC1. The molecule has 21 heavy (non-hydrogen) atoms. The molecular formula is C14H22N4O3. The van der Waals surface area contributed by atoms with Gasteiger partial charge in [0.15, 0.2) is 0 Å². The summed E-state index contributed by atoms with van der Waals surface area (Å²) < 4.78 is 0. The van der Waals surface area contributed by atoms with E-state index in [1.54, 1.807) is 4.90 Å². The van der Waals surface area contributed by atoms with E-state index in [1.807, 2.05) is 18.7 Å². The largest absolute Gasteiger partial charge is 0.341 e. The van der Waals surface area contributed by atoms with Crippen molar-refractivity contribution < 1.29 is 14.4 Å². The molecule has 0 unspecified atom stereocenters. The van der Waals surface area contributed by atoms with Crippen LogP contribution in [0.15, 0.2) is 5.10 Å². The fourth-order valence-corrected chi connectivity index (χ4v) is 2.52. The molecule has 7 nitrogen and oxygen atoms in total. The van der Waals surface area contributed by atoms with E-state index in [-0.39, 0.29) is 23.6 Å². The average Bonchev–Trinajstić information content (AvgIpc) is 2.72. The normalized spacial score (nSPS) is 20.0. The molecule has 1 N–H and O–H groups in total. The van der Waals surface area contributed by atoms with Crippen molar-refractivity contribution in [3.05, 3.63) is 0 Å². The molecule has 1 saturated heterocycles. The molecule has 0 radical (unpaired) electrons. The molecule has 7 heteroatoms. The average molecular weight is 294 g/mol. The third-order valence-corrected chi connectivity index (χ3v) is 3.74. The Bertz CT molecular complexity index is 473. The fraction of sp³-hybridized carbons (Fsp3) is 0.714. The highest BCUT2D eigenvalue weighted by molar-refractivity contribution is 6.39. The van der Waals surface area contributed by atoms with Crippen molar-refractivity contribution in [2.24, 2.45) is 11.0 Å². The topological polar surface area (TPSA) is 82.1 Å². The lowest BCUT2D eigenvalue weighted by Gasteiger charge is -2.24. The van der Waals surface area contributed by atoms with Crippen LogP contribution in [0.3, 0.4) is 0 Å². The van der Waals surface area contributed by atoms with Gasteiger partial charge in [0.25, 0.3) is 5.91 Å². The van der Waals surface area contributed by atoms with Crippen molar-refractivity contribution in [3.8, 4) is 0 Å².